The van der Waals surface area contributed by atoms with Gasteiger partial charge < -0.3 is 5.32 Å². The largest absolute Gasteiger partial charge is 0.324 e. The lowest BCUT2D eigenvalue weighted by Crippen LogP contribution is -2.38. The minimum absolute atomic E-state index is 0.0486. The summed E-state index contributed by atoms with van der Waals surface area (Å²) in [7, 11) is 0. The number of nitrogens with one attached hydrogen (secondary N) is 1. The third kappa shape index (κ3) is 4.13. The molecule has 3 aromatic rings. The zero-order valence-corrected chi connectivity index (χ0v) is 16.7. The number of fused-ring (bicyclic) bond motifs is 1. The van der Waals surface area contributed by atoms with E-state index in [0.29, 0.717) is 23.7 Å². The molecular weight excluding hydrogens is 370 g/mol. The highest BCUT2D eigenvalue weighted by Crippen LogP contribution is 2.33. The van der Waals surface area contributed by atoms with Crippen molar-refractivity contribution >= 4 is 38.9 Å². The number of ketones is 1. The number of carbonyl (C=O) groups excluding carboxylic acids is 2. The van der Waals surface area contributed by atoms with Crippen LogP contribution in [0.5, 0.6) is 0 Å². The Balaban J connectivity index is 1.33. The van der Waals surface area contributed by atoms with Crippen LogP contribution in [0.3, 0.4) is 0 Å². The second-order valence-electron chi connectivity index (χ2n) is 7.22. The van der Waals surface area contributed by atoms with Crippen molar-refractivity contribution in [2.45, 2.75) is 25.7 Å². The van der Waals surface area contributed by atoms with Crippen LogP contribution in [-0.2, 0) is 4.79 Å². The van der Waals surface area contributed by atoms with Gasteiger partial charge in [-0.2, -0.15) is 0 Å². The van der Waals surface area contributed by atoms with Crippen molar-refractivity contribution in [3.63, 3.8) is 0 Å². The maximum atomic E-state index is 12.5. The molecule has 5 nitrogen and oxygen atoms in total. The number of anilines is 1. The standard InChI is InChI=1S/C22H23N3O2S/c1-15(26)17-6-2-3-7-18(17)23-21(27)14-25-12-10-16(11-13-25)22-24-19-8-4-5-9-20(19)28-22/h2-9,16H,10-14H2,1H3,(H,23,27). The van der Waals surface area contributed by atoms with Crippen LogP contribution < -0.4 is 5.32 Å². The van der Waals surface area contributed by atoms with Crippen LogP contribution >= 0.6 is 11.3 Å². The molecule has 1 aliphatic heterocycles. The van der Waals surface area contributed by atoms with E-state index in [1.54, 1.807) is 29.5 Å². The number of rotatable bonds is 5. The van der Waals surface area contributed by atoms with Crippen molar-refractivity contribution in [3.05, 3.63) is 59.1 Å². The molecule has 28 heavy (non-hydrogen) atoms. The lowest BCUT2D eigenvalue weighted by atomic mass is 9.97. The molecule has 0 aliphatic carbocycles. The quantitative estimate of drug-likeness (QED) is 0.656. The van der Waals surface area contributed by atoms with E-state index < -0.39 is 0 Å². The third-order valence-electron chi connectivity index (χ3n) is 5.19. The molecule has 0 unspecified atom stereocenters. The van der Waals surface area contributed by atoms with Gasteiger partial charge in [0.25, 0.3) is 0 Å². The summed E-state index contributed by atoms with van der Waals surface area (Å²) in [4.78, 5) is 31.1. The number of benzene rings is 2. The van der Waals surface area contributed by atoms with E-state index in [1.165, 1.54) is 16.6 Å². The molecule has 0 radical (unpaired) electrons. The van der Waals surface area contributed by atoms with Crippen LogP contribution in [-0.4, -0.2) is 41.2 Å². The number of amides is 1. The van der Waals surface area contributed by atoms with Crippen molar-refractivity contribution in [2.75, 3.05) is 25.0 Å². The van der Waals surface area contributed by atoms with E-state index in [2.05, 4.69) is 28.4 Å². The number of piperidine rings is 1. The molecule has 1 aliphatic rings. The molecule has 1 fully saturated rings. The van der Waals surface area contributed by atoms with E-state index in [9.17, 15) is 9.59 Å². The number of likely N-dealkylation sites (tertiary alicyclic amines) is 1. The van der Waals surface area contributed by atoms with Gasteiger partial charge >= 0.3 is 0 Å². The van der Waals surface area contributed by atoms with Crippen LogP contribution in [0.25, 0.3) is 10.2 Å². The number of para-hydroxylation sites is 2. The van der Waals surface area contributed by atoms with Crippen molar-refractivity contribution in [3.8, 4) is 0 Å². The Kier molecular flexibility index (Phi) is 5.50. The van der Waals surface area contributed by atoms with E-state index in [1.807, 2.05) is 12.1 Å². The lowest BCUT2D eigenvalue weighted by molar-refractivity contribution is -0.117. The van der Waals surface area contributed by atoms with Gasteiger partial charge in [0.1, 0.15) is 0 Å². The van der Waals surface area contributed by atoms with Crippen LogP contribution in [0.1, 0.15) is 41.0 Å². The van der Waals surface area contributed by atoms with Crippen molar-refractivity contribution in [1.82, 2.24) is 9.88 Å². The second kappa shape index (κ2) is 8.20. The molecule has 0 saturated carbocycles. The summed E-state index contributed by atoms with van der Waals surface area (Å²) in [5.41, 5.74) is 2.21. The topological polar surface area (TPSA) is 62.3 Å². The fourth-order valence-corrected chi connectivity index (χ4v) is 4.83. The molecule has 0 spiro atoms. The van der Waals surface area contributed by atoms with Crippen LogP contribution in [0, 0.1) is 0 Å². The average molecular weight is 394 g/mol. The zero-order valence-electron chi connectivity index (χ0n) is 15.9. The summed E-state index contributed by atoms with van der Waals surface area (Å²) in [5, 5.41) is 4.10. The van der Waals surface area contributed by atoms with Gasteiger partial charge in [0.05, 0.1) is 27.5 Å². The summed E-state index contributed by atoms with van der Waals surface area (Å²) < 4.78 is 1.24. The monoisotopic (exact) mass is 393 g/mol. The first-order valence-corrected chi connectivity index (χ1v) is 10.4. The molecule has 6 heteroatoms. The highest BCUT2D eigenvalue weighted by Gasteiger charge is 2.24. The van der Waals surface area contributed by atoms with Crippen LogP contribution in [0.2, 0.25) is 0 Å². The Morgan fingerprint density at radius 3 is 2.57 bits per heavy atom. The highest BCUT2D eigenvalue weighted by atomic mass is 32.1. The predicted molar refractivity (Wildman–Crippen MR) is 113 cm³/mol. The summed E-state index contributed by atoms with van der Waals surface area (Å²) in [6, 6.07) is 15.4. The maximum absolute atomic E-state index is 12.5. The van der Waals surface area contributed by atoms with Crippen LogP contribution in [0.4, 0.5) is 5.69 Å². The number of aromatic nitrogens is 1. The number of nitrogens with zero attached hydrogens (tertiary/aromatic N) is 2. The molecule has 1 N–H and O–H groups in total. The molecule has 1 aromatic heterocycles. The van der Waals surface area contributed by atoms with Crippen LogP contribution in [0.15, 0.2) is 48.5 Å². The van der Waals surface area contributed by atoms with Crippen molar-refractivity contribution in [1.29, 1.82) is 0 Å². The second-order valence-corrected chi connectivity index (χ2v) is 8.28. The van der Waals surface area contributed by atoms with Gasteiger partial charge in [-0.25, -0.2) is 4.98 Å². The maximum Gasteiger partial charge on any atom is 0.238 e. The van der Waals surface area contributed by atoms with Gasteiger partial charge in [-0.05, 0) is 57.1 Å². The summed E-state index contributed by atoms with van der Waals surface area (Å²) >= 11 is 1.78. The Hall–Kier alpha value is -2.57. The third-order valence-corrected chi connectivity index (χ3v) is 6.39. The summed E-state index contributed by atoms with van der Waals surface area (Å²) in [6.45, 7) is 3.61. The van der Waals surface area contributed by atoms with E-state index in [0.717, 1.165) is 31.4 Å². The summed E-state index contributed by atoms with van der Waals surface area (Å²) in [6.07, 6.45) is 2.02. The SMILES string of the molecule is CC(=O)c1ccccc1NC(=O)CN1CCC(c2nc3ccccc3s2)CC1. The molecule has 0 bridgehead atoms. The number of carbonyl (C=O) groups is 2. The molecule has 144 valence electrons. The van der Waals surface area contributed by atoms with Gasteiger partial charge in [0.2, 0.25) is 5.91 Å². The number of Topliss-reactive ketones (excluding diaryl/α,β-unsaturated/α-hetero) is 1. The number of hydrogen-bond donors (Lipinski definition) is 1. The smallest absolute Gasteiger partial charge is 0.238 e. The van der Waals surface area contributed by atoms with E-state index in [4.69, 9.17) is 4.98 Å². The van der Waals surface area contributed by atoms with Gasteiger partial charge in [0.15, 0.2) is 5.78 Å². The van der Waals surface area contributed by atoms with E-state index in [-0.39, 0.29) is 11.7 Å². The average Bonchev–Trinajstić information content (AvgIpc) is 3.13. The fraction of sp³-hybridized carbons (Fsp3) is 0.318. The Morgan fingerprint density at radius 2 is 1.82 bits per heavy atom. The normalized spacial score (nSPS) is 15.6. The Labute approximate surface area is 168 Å². The Bertz CT molecular complexity index is 973. The molecular formula is C22H23N3O2S. The zero-order chi connectivity index (χ0) is 19.5. The number of thiazole rings is 1. The van der Waals surface area contributed by atoms with Gasteiger partial charge in [-0.1, -0.05) is 24.3 Å². The molecule has 1 amide bonds. The molecule has 0 atom stereocenters. The molecule has 2 aromatic carbocycles. The molecule has 2 heterocycles. The van der Waals surface area contributed by atoms with Gasteiger partial charge in [-0.15, -0.1) is 11.3 Å². The number of hydrogen-bond acceptors (Lipinski definition) is 5. The predicted octanol–water partition coefficient (Wildman–Crippen LogP) is 4.32. The van der Waals surface area contributed by atoms with Crippen molar-refractivity contribution in [2.24, 2.45) is 0 Å². The fourth-order valence-electron chi connectivity index (χ4n) is 3.69. The minimum Gasteiger partial charge on any atom is -0.324 e. The van der Waals surface area contributed by atoms with Gasteiger partial charge in [0, 0.05) is 11.5 Å². The first kappa shape index (κ1) is 18.8. The first-order chi connectivity index (χ1) is 13.6. The Morgan fingerprint density at radius 1 is 1.11 bits per heavy atom. The van der Waals surface area contributed by atoms with Gasteiger partial charge in [-0.3, -0.25) is 14.5 Å². The van der Waals surface area contributed by atoms with Crippen molar-refractivity contribution < 1.29 is 9.59 Å². The van der Waals surface area contributed by atoms with E-state index >= 15 is 0 Å². The lowest BCUT2D eigenvalue weighted by Gasteiger charge is -2.30. The highest BCUT2D eigenvalue weighted by molar-refractivity contribution is 7.18. The summed E-state index contributed by atoms with van der Waals surface area (Å²) in [5.74, 6) is 0.342. The first-order valence-electron chi connectivity index (χ1n) is 9.58. The molecule has 1 saturated heterocycles. The minimum atomic E-state index is -0.0767. The molecule has 4 rings (SSSR count).